The Bertz CT molecular complexity index is 1030. The van der Waals surface area contributed by atoms with E-state index in [1.165, 1.54) is 36.0 Å². The first-order valence-electron chi connectivity index (χ1n) is 9.57. The van der Waals surface area contributed by atoms with Crippen LogP contribution in [0.15, 0.2) is 53.7 Å². The largest absolute Gasteiger partial charge is 0.368 e. The third-order valence-corrected chi connectivity index (χ3v) is 6.07. The van der Waals surface area contributed by atoms with E-state index in [0.717, 1.165) is 5.69 Å². The van der Waals surface area contributed by atoms with Gasteiger partial charge in [-0.1, -0.05) is 23.9 Å². The molecule has 1 aliphatic rings. The van der Waals surface area contributed by atoms with Crippen molar-refractivity contribution in [2.75, 3.05) is 36.8 Å². The molecule has 0 saturated carbocycles. The average Bonchev–Trinajstić information content (AvgIpc) is 3.13. The Morgan fingerprint density at radius 2 is 1.73 bits per heavy atom. The average molecular weight is 429 g/mol. The maximum atomic E-state index is 13.5. The number of benzene rings is 2. The van der Waals surface area contributed by atoms with Crippen molar-refractivity contribution in [3.63, 3.8) is 0 Å². The fourth-order valence-corrected chi connectivity index (χ4v) is 4.22. The highest BCUT2D eigenvalue weighted by Gasteiger charge is 2.22. The van der Waals surface area contributed by atoms with Crippen molar-refractivity contribution in [3.8, 4) is 11.4 Å². The molecule has 0 bridgehead atoms. The van der Waals surface area contributed by atoms with Crippen molar-refractivity contribution in [1.82, 2.24) is 19.7 Å². The first kappa shape index (κ1) is 20.3. The molecule has 0 unspecified atom stereocenters. The van der Waals surface area contributed by atoms with E-state index in [1.54, 1.807) is 35.9 Å². The number of amides is 1. The standard InChI is InChI=1S/C21H21F2N5OS/c1-26-20(15-3-2-4-17(23)13-15)24-25-21(26)30-14-19(29)28-11-9-27(10-12-28)18-7-5-16(22)6-8-18/h2-8,13H,9-12,14H2,1H3. The summed E-state index contributed by atoms with van der Waals surface area (Å²) in [6.45, 7) is 2.64. The summed E-state index contributed by atoms with van der Waals surface area (Å²) in [5.74, 6) is 0.256. The van der Waals surface area contributed by atoms with Gasteiger partial charge >= 0.3 is 0 Å². The summed E-state index contributed by atoms with van der Waals surface area (Å²) >= 11 is 1.32. The summed E-state index contributed by atoms with van der Waals surface area (Å²) in [5.41, 5.74) is 1.60. The molecule has 30 heavy (non-hydrogen) atoms. The van der Waals surface area contributed by atoms with Crippen LogP contribution in [0.1, 0.15) is 0 Å². The van der Waals surface area contributed by atoms with Crippen LogP contribution in [0.2, 0.25) is 0 Å². The Morgan fingerprint density at radius 1 is 1.00 bits per heavy atom. The van der Waals surface area contributed by atoms with Crippen molar-refractivity contribution in [2.45, 2.75) is 5.16 Å². The molecule has 1 fully saturated rings. The van der Waals surface area contributed by atoms with Gasteiger partial charge in [-0.3, -0.25) is 4.79 Å². The number of anilines is 1. The number of hydrogen-bond donors (Lipinski definition) is 0. The second-order valence-electron chi connectivity index (χ2n) is 7.01. The van der Waals surface area contributed by atoms with Gasteiger partial charge in [-0.25, -0.2) is 8.78 Å². The van der Waals surface area contributed by atoms with Gasteiger partial charge in [-0.15, -0.1) is 10.2 Å². The van der Waals surface area contributed by atoms with Crippen molar-refractivity contribution in [2.24, 2.45) is 7.05 Å². The minimum atomic E-state index is -0.334. The van der Waals surface area contributed by atoms with E-state index in [1.807, 2.05) is 4.90 Å². The lowest BCUT2D eigenvalue weighted by molar-refractivity contribution is -0.128. The number of halogens is 2. The van der Waals surface area contributed by atoms with E-state index in [2.05, 4.69) is 15.1 Å². The topological polar surface area (TPSA) is 54.3 Å². The summed E-state index contributed by atoms with van der Waals surface area (Å²) in [6.07, 6.45) is 0. The zero-order chi connectivity index (χ0) is 21.1. The third-order valence-electron chi connectivity index (χ3n) is 5.07. The molecule has 1 aromatic heterocycles. The predicted octanol–water partition coefficient (Wildman–Crippen LogP) is 3.20. The highest BCUT2D eigenvalue weighted by Crippen LogP contribution is 2.24. The van der Waals surface area contributed by atoms with Gasteiger partial charge in [0.15, 0.2) is 11.0 Å². The van der Waals surface area contributed by atoms with Gasteiger partial charge in [0.05, 0.1) is 5.75 Å². The number of piperazine rings is 1. The van der Waals surface area contributed by atoms with Gasteiger partial charge in [0.2, 0.25) is 5.91 Å². The van der Waals surface area contributed by atoms with Crippen molar-refractivity contribution >= 4 is 23.4 Å². The molecule has 3 aromatic rings. The van der Waals surface area contributed by atoms with Crippen LogP contribution in [0.3, 0.4) is 0 Å². The minimum Gasteiger partial charge on any atom is -0.368 e. The maximum absolute atomic E-state index is 13.5. The summed E-state index contributed by atoms with van der Waals surface area (Å²) < 4.78 is 28.3. The molecule has 1 aliphatic heterocycles. The fourth-order valence-electron chi connectivity index (χ4n) is 3.40. The molecule has 0 N–H and O–H groups in total. The molecule has 0 aliphatic carbocycles. The summed E-state index contributed by atoms with van der Waals surface area (Å²) in [6, 6.07) is 12.6. The van der Waals surface area contributed by atoms with E-state index in [9.17, 15) is 13.6 Å². The molecule has 0 radical (unpaired) electrons. The molecule has 2 aromatic carbocycles. The van der Waals surface area contributed by atoms with Crippen molar-refractivity contribution < 1.29 is 13.6 Å². The first-order chi connectivity index (χ1) is 14.5. The number of thioether (sulfide) groups is 1. The third kappa shape index (κ3) is 4.46. The number of hydrogen-bond acceptors (Lipinski definition) is 5. The minimum absolute atomic E-state index is 0.0362. The number of aromatic nitrogens is 3. The fraction of sp³-hybridized carbons (Fsp3) is 0.286. The van der Waals surface area contributed by atoms with Gasteiger partial charge in [0, 0.05) is 44.5 Å². The van der Waals surface area contributed by atoms with Crippen LogP contribution < -0.4 is 4.90 Å². The Hall–Kier alpha value is -2.94. The Morgan fingerprint density at radius 3 is 2.43 bits per heavy atom. The normalized spacial score (nSPS) is 14.2. The van der Waals surface area contributed by atoms with Gasteiger partial charge in [-0.05, 0) is 36.4 Å². The predicted molar refractivity (Wildman–Crippen MR) is 112 cm³/mol. The molecule has 9 heteroatoms. The zero-order valence-corrected chi connectivity index (χ0v) is 17.3. The van der Waals surface area contributed by atoms with Crippen LogP contribution in [-0.4, -0.2) is 57.5 Å². The molecular formula is C21H21F2N5OS. The van der Waals surface area contributed by atoms with E-state index in [-0.39, 0.29) is 23.3 Å². The number of nitrogens with zero attached hydrogens (tertiary/aromatic N) is 5. The molecule has 4 rings (SSSR count). The second-order valence-corrected chi connectivity index (χ2v) is 7.95. The number of rotatable bonds is 5. The molecule has 2 heterocycles. The van der Waals surface area contributed by atoms with Gasteiger partial charge in [0.1, 0.15) is 11.6 Å². The molecule has 0 atom stereocenters. The lowest BCUT2D eigenvalue weighted by Crippen LogP contribution is -2.49. The van der Waals surface area contributed by atoms with Gasteiger partial charge in [-0.2, -0.15) is 0 Å². The van der Waals surface area contributed by atoms with Gasteiger partial charge < -0.3 is 14.4 Å². The van der Waals surface area contributed by atoms with Crippen molar-refractivity contribution in [3.05, 3.63) is 60.2 Å². The lowest BCUT2D eigenvalue weighted by atomic mass is 10.2. The molecule has 1 amide bonds. The molecule has 0 spiro atoms. The van der Waals surface area contributed by atoms with E-state index < -0.39 is 0 Å². The maximum Gasteiger partial charge on any atom is 0.233 e. The highest BCUT2D eigenvalue weighted by molar-refractivity contribution is 7.99. The monoisotopic (exact) mass is 429 g/mol. The van der Waals surface area contributed by atoms with Crippen LogP contribution in [-0.2, 0) is 11.8 Å². The van der Waals surface area contributed by atoms with E-state index in [4.69, 9.17) is 0 Å². The summed E-state index contributed by atoms with van der Waals surface area (Å²) in [5, 5.41) is 8.88. The SMILES string of the molecule is Cn1c(SCC(=O)N2CCN(c3ccc(F)cc3)CC2)nnc1-c1cccc(F)c1. The molecule has 156 valence electrons. The van der Waals surface area contributed by atoms with Crippen LogP contribution >= 0.6 is 11.8 Å². The quantitative estimate of drug-likeness (QED) is 0.583. The zero-order valence-electron chi connectivity index (χ0n) is 16.5. The second kappa shape index (κ2) is 8.83. The van der Waals surface area contributed by atoms with Crippen LogP contribution in [0.5, 0.6) is 0 Å². The summed E-state index contributed by atoms with van der Waals surface area (Å²) in [4.78, 5) is 16.6. The number of carbonyl (C=O) groups excluding carboxylic acids is 1. The Balaban J connectivity index is 1.32. The Kier molecular flexibility index (Phi) is 5.98. The molecule has 6 nitrogen and oxygen atoms in total. The Labute approximate surface area is 177 Å². The van der Waals surface area contributed by atoms with Gasteiger partial charge in [0.25, 0.3) is 0 Å². The van der Waals surface area contributed by atoms with E-state index in [0.29, 0.717) is 42.7 Å². The van der Waals surface area contributed by atoms with Crippen LogP contribution in [0.4, 0.5) is 14.5 Å². The smallest absolute Gasteiger partial charge is 0.233 e. The van der Waals surface area contributed by atoms with Crippen LogP contribution in [0, 0.1) is 11.6 Å². The number of carbonyl (C=O) groups is 1. The van der Waals surface area contributed by atoms with Crippen LogP contribution in [0.25, 0.3) is 11.4 Å². The first-order valence-corrected chi connectivity index (χ1v) is 10.6. The summed E-state index contributed by atoms with van der Waals surface area (Å²) in [7, 11) is 1.80. The van der Waals surface area contributed by atoms with E-state index >= 15 is 0 Å². The molecule has 1 saturated heterocycles. The highest BCUT2D eigenvalue weighted by atomic mass is 32.2. The molecular weight excluding hydrogens is 408 g/mol. The lowest BCUT2D eigenvalue weighted by Gasteiger charge is -2.36. The van der Waals surface area contributed by atoms with Crippen molar-refractivity contribution in [1.29, 1.82) is 0 Å².